The van der Waals surface area contributed by atoms with E-state index in [1.54, 1.807) is 15.8 Å². The molecule has 0 saturated carbocycles. The molecule has 1 fully saturated rings. The highest BCUT2D eigenvalue weighted by Crippen LogP contribution is 2.19. The second-order valence-corrected chi connectivity index (χ2v) is 7.62. The first-order valence-corrected chi connectivity index (χ1v) is 8.87. The number of nitrogens with zero attached hydrogens (tertiary/aromatic N) is 5. The van der Waals surface area contributed by atoms with E-state index in [2.05, 4.69) is 10.3 Å². The third-order valence-corrected chi connectivity index (χ3v) is 4.44. The number of aromatic nitrogens is 3. The van der Waals surface area contributed by atoms with Crippen LogP contribution in [0.3, 0.4) is 0 Å². The fraction of sp³-hybridized carbons (Fsp3) is 0.474. The van der Waals surface area contributed by atoms with Gasteiger partial charge >= 0.3 is 0 Å². The summed E-state index contributed by atoms with van der Waals surface area (Å²) in [5.41, 5.74) is 1.05. The third-order valence-electron chi connectivity index (χ3n) is 4.44. The average molecular weight is 355 g/mol. The lowest BCUT2D eigenvalue weighted by Crippen LogP contribution is -2.53. The largest absolute Gasteiger partial charge is 0.339 e. The molecule has 7 nitrogen and oxygen atoms in total. The first-order chi connectivity index (χ1) is 12.3. The minimum absolute atomic E-state index is 0.124. The van der Waals surface area contributed by atoms with E-state index in [1.807, 2.05) is 56.0 Å². The molecule has 0 N–H and O–H groups in total. The number of amides is 2. The number of carbonyl (C=O) groups excluding carboxylic acids is 2. The Morgan fingerprint density at radius 3 is 2.23 bits per heavy atom. The van der Waals surface area contributed by atoms with Gasteiger partial charge in [0.25, 0.3) is 5.91 Å². The molecular formula is C19H25N5O2. The predicted molar refractivity (Wildman–Crippen MR) is 97.5 cm³/mol. The molecule has 0 spiro atoms. The van der Waals surface area contributed by atoms with E-state index in [0.29, 0.717) is 38.4 Å². The van der Waals surface area contributed by atoms with Crippen LogP contribution in [0.15, 0.2) is 36.5 Å². The molecule has 2 aromatic rings. The predicted octanol–water partition coefficient (Wildman–Crippen LogP) is 1.66. The minimum Gasteiger partial charge on any atom is -0.339 e. The van der Waals surface area contributed by atoms with Gasteiger partial charge in [0.15, 0.2) is 5.69 Å². The van der Waals surface area contributed by atoms with E-state index < -0.39 is 5.41 Å². The molecule has 138 valence electrons. The Kier molecular flexibility index (Phi) is 5.06. The third kappa shape index (κ3) is 4.09. The van der Waals surface area contributed by atoms with Gasteiger partial charge in [-0.1, -0.05) is 56.3 Å². The monoisotopic (exact) mass is 355 g/mol. The van der Waals surface area contributed by atoms with E-state index in [4.69, 9.17) is 0 Å². The molecule has 3 rings (SSSR count). The van der Waals surface area contributed by atoms with Gasteiger partial charge in [0.2, 0.25) is 5.91 Å². The number of rotatable bonds is 3. The number of piperazine rings is 1. The quantitative estimate of drug-likeness (QED) is 0.839. The topological polar surface area (TPSA) is 71.3 Å². The van der Waals surface area contributed by atoms with E-state index in [0.717, 1.165) is 5.56 Å². The van der Waals surface area contributed by atoms with E-state index >= 15 is 0 Å². The molecule has 1 aromatic carbocycles. The SMILES string of the molecule is CC(C)(C)C(=O)N1CCN(C(=O)c2cn(Cc3ccccc3)nn2)CC1. The summed E-state index contributed by atoms with van der Waals surface area (Å²) in [6.07, 6.45) is 1.68. The average Bonchev–Trinajstić information content (AvgIpc) is 3.09. The molecule has 7 heteroatoms. The molecule has 1 saturated heterocycles. The first-order valence-electron chi connectivity index (χ1n) is 8.87. The molecule has 0 radical (unpaired) electrons. The second-order valence-electron chi connectivity index (χ2n) is 7.62. The lowest BCUT2D eigenvalue weighted by Gasteiger charge is -2.37. The maximum atomic E-state index is 12.6. The van der Waals surface area contributed by atoms with Crippen LogP contribution < -0.4 is 0 Å². The van der Waals surface area contributed by atoms with Crippen molar-refractivity contribution < 1.29 is 9.59 Å². The summed E-state index contributed by atoms with van der Waals surface area (Å²) in [4.78, 5) is 28.6. The van der Waals surface area contributed by atoms with Gasteiger partial charge < -0.3 is 9.80 Å². The Morgan fingerprint density at radius 1 is 1.00 bits per heavy atom. The highest BCUT2D eigenvalue weighted by atomic mass is 16.2. The van der Waals surface area contributed by atoms with Gasteiger partial charge in [0.1, 0.15) is 0 Å². The summed E-state index contributed by atoms with van der Waals surface area (Å²) in [5, 5.41) is 8.08. The fourth-order valence-corrected chi connectivity index (χ4v) is 2.99. The molecule has 1 aromatic heterocycles. The van der Waals surface area contributed by atoms with Gasteiger partial charge in [-0.3, -0.25) is 9.59 Å². The van der Waals surface area contributed by atoms with Crippen molar-refractivity contribution >= 4 is 11.8 Å². The van der Waals surface area contributed by atoms with Crippen LogP contribution in [-0.2, 0) is 11.3 Å². The summed E-state index contributed by atoms with van der Waals surface area (Å²) < 4.78 is 1.67. The van der Waals surface area contributed by atoms with Crippen LogP contribution in [0.25, 0.3) is 0 Å². The van der Waals surface area contributed by atoms with Gasteiger partial charge in [-0.15, -0.1) is 5.10 Å². The maximum Gasteiger partial charge on any atom is 0.276 e. The Hall–Kier alpha value is -2.70. The van der Waals surface area contributed by atoms with Crippen LogP contribution in [0.1, 0.15) is 36.8 Å². The summed E-state index contributed by atoms with van der Waals surface area (Å²) in [6.45, 7) is 8.47. The van der Waals surface area contributed by atoms with Crippen molar-refractivity contribution in [2.24, 2.45) is 5.41 Å². The Labute approximate surface area is 153 Å². The van der Waals surface area contributed by atoms with Crippen LogP contribution in [0, 0.1) is 5.41 Å². The number of benzene rings is 1. The van der Waals surface area contributed by atoms with Crippen molar-refractivity contribution in [3.63, 3.8) is 0 Å². The highest BCUT2D eigenvalue weighted by Gasteiger charge is 2.31. The minimum atomic E-state index is -0.397. The number of hydrogen-bond acceptors (Lipinski definition) is 4. The van der Waals surface area contributed by atoms with E-state index in [1.165, 1.54) is 0 Å². The zero-order valence-electron chi connectivity index (χ0n) is 15.6. The van der Waals surface area contributed by atoms with Gasteiger partial charge in [0, 0.05) is 31.6 Å². The zero-order valence-corrected chi connectivity index (χ0v) is 15.6. The van der Waals surface area contributed by atoms with Gasteiger partial charge in [-0.05, 0) is 5.56 Å². The van der Waals surface area contributed by atoms with Crippen molar-refractivity contribution in [1.29, 1.82) is 0 Å². The van der Waals surface area contributed by atoms with Gasteiger partial charge in [0.05, 0.1) is 12.7 Å². The van der Waals surface area contributed by atoms with Crippen molar-refractivity contribution in [3.8, 4) is 0 Å². The summed E-state index contributed by atoms with van der Waals surface area (Å²) >= 11 is 0. The summed E-state index contributed by atoms with van der Waals surface area (Å²) in [7, 11) is 0. The molecule has 26 heavy (non-hydrogen) atoms. The van der Waals surface area contributed by atoms with E-state index in [-0.39, 0.29) is 11.8 Å². The molecule has 0 unspecified atom stereocenters. The van der Waals surface area contributed by atoms with Gasteiger partial charge in [-0.2, -0.15) is 0 Å². The highest BCUT2D eigenvalue weighted by molar-refractivity contribution is 5.92. The molecular weight excluding hydrogens is 330 g/mol. The van der Waals surface area contributed by atoms with E-state index in [9.17, 15) is 9.59 Å². The fourth-order valence-electron chi connectivity index (χ4n) is 2.99. The van der Waals surface area contributed by atoms with Crippen LogP contribution in [0.2, 0.25) is 0 Å². The normalized spacial score (nSPS) is 15.2. The molecule has 2 amide bonds. The molecule has 1 aliphatic rings. The summed E-state index contributed by atoms with van der Waals surface area (Å²) in [5.74, 6) is -0.00873. The molecule has 1 aliphatic heterocycles. The first kappa shape index (κ1) is 18.1. The standard InChI is InChI=1S/C19H25N5O2/c1-19(2,3)18(26)23-11-9-22(10-12-23)17(25)16-14-24(21-20-16)13-15-7-5-4-6-8-15/h4-8,14H,9-13H2,1-3H3. The van der Waals surface area contributed by atoms with Crippen molar-refractivity contribution in [2.45, 2.75) is 27.3 Å². The van der Waals surface area contributed by atoms with Crippen molar-refractivity contribution in [1.82, 2.24) is 24.8 Å². The second kappa shape index (κ2) is 7.27. The molecule has 0 aliphatic carbocycles. The van der Waals surface area contributed by atoms with Crippen LogP contribution in [0.5, 0.6) is 0 Å². The summed E-state index contributed by atoms with van der Waals surface area (Å²) in [6, 6.07) is 9.92. The zero-order chi connectivity index (χ0) is 18.7. The van der Waals surface area contributed by atoms with Crippen LogP contribution in [-0.4, -0.2) is 62.8 Å². The Morgan fingerprint density at radius 2 is 1.62 bits per heavy atom. The lowest BCUT2D eigenvalue weighted by atomic mass is 9.94. The van der Waals surface area contributed by atoms with Crippen LogP contribution >= 0.6 is 0 Å². The van der Waals surface area contributed by atoms with Gasteiger partial charge in [-0.25, -0.2) is 4.68 Å². The van der Waals surface area contributed by atoms with Crippen molar-refractivity contribution in [2.75, 3.05) is 26.2 Å². The maximum absolute atomic E-state index is 12.6. The Bertz CT molecular complexity index is 771. The van der Waals surface area contributed by atoms with Crippen LogP contribution in [0.4, 0.5) is 0 Å². The Balaban J connectivity index is 1.58. The number of carbonyl (C=O) groups is 2. The molecule has 0 atom stereocenters. The molecule has 2 heterocycles. The van der Waals surface area contributed by atoms with Crippen molar-refractivity contribution in [3.05, 3.63) is 47.8 Å². The lowest BCUT2D eigenvalue weighted by molar-refractivity contribution is -0.140. The smallest absolute Gasteiger partial charge is 0.276 e. The number of hydrogen-bond donors (Lipinski definition) is 0. The molecule has 0 bridgehead atoms.